The van der Waals surface area contributed by atoms with E-state index >= 15 is 0 Å². The molecule has 2 unspecified atom stereocenters. The van der Waals surface area contributed by atoms with Crippen molar-refractivity contribution in [2.24, 2.45) is 0 Å². The first-order valence-corrected chi connectivity index (χ1v) is 7.56. The molecule has 1 aromatic heterocycles. The number of ether oxygens (including phenoxy) is 1. The Morgan fingerprint density at radius 2 is 2.00 bits per heavy atom. The largest absolute Gasteiger partial charge is 0.468 e. The Kier molecular flexibility index (Phi) is 5.32. The number of carbonyl (C=O) groups excluding carboxylic acids is 1. The van der Waals surface area contributed by atoms with E-state index in [2.05, 4.69) is 23.5 Å². The van der Waals surface area contributed by atoms with Gasteiger partial charge in [0.15, 0.2) is 0 Å². The second kappa shape index (κ2) is 7.22. The highest BCUT2D eigenvalue weighted by molar-refractivity contribution is 7.10. The maximum atomic E-state index is 11.8. The summed E-state index contributed by atoms with van der Waals surface area (Å²) in [5, 5.41) is 5.46. The summed E-state index contributed by atoms with van der Waals surface area (Å²) >= 11 is 1.68. The van der Waals surface area contributed by atoms with E-state index in [1.165, 1.54) is 12.0 Å². The van der Waals surface area contributed by atoms with Crippen LogP contribution in [0, 0.1) is 0 Å². The lowest BCUT2D eigenvalue weighted by Crippen LogP contribution is -2.39. The first kappa shape index (κ1) is 14.8. The molecule has 0 aliphatic heterocycles. The highest BCUT2D eigenvalue weighted by Crippen LogP contribution is 2.26. The standard InChI is InChI=1S/C16H19NO2S/c1-3-13(16(18)19-2)17-15(14-10-7-11-20-14)12-8-5-4-6-9-12/h4-11,13,15,17H,3H2,1-2H3. The van der Waals surface area contributed by atoms with E-state index in [4.69, 9.17) is 4.74 Å². The SMILES string of the molecule is CCC(NC(c1ccccc1)c1cccs1)C(=O)OC. The van der Waals surface area contributed by atoms with Gasteiger partial charge in [0.2, 0.25) is 0 Å². The first-order valence-electron chi connectivity index (χ1n) is 6.68. The van der Waals surface area contributed by atoms with Crippen LogP contribution < -0.4 is 5.32 Å². The van der Waals surface area contributed by atoms with Gasteiger partial charge in [-0.05, 0) is 23.4 Å². The third-order valence-electron chi connectivity index (χ3n) is 3.22. The van der Waals surface area contributed by atoms with Crippen molar-refractivity contribution < 1.29 is 9.53 Å². The summed E-state index contributed by atoms with van der Waals surface area (Å²) in [5.74, 6) is -0.218. The number of benzene rings is 1. The van der Waals surface area contributed by atoms with Crippen molar-refractivity contribution in [1.29, 1.82) is 0 Å². The molecule has 0 saturated heterocycles. The molecule has 0 amide bonds. The van der Waals surface area contributed by atoms with Crippen LogP contribution >= 0.6 is 11.3 Å². The molecule has 1 aromatic carbocycles. The van der Waals surface area contributed by atoms with Gasteiger partial charge in [-0.15, -0.1) is 11.3 Å². The van der Waals surface area contributed by atoms with Crippen LogP contribution in [0.25, 0.3) is 0 Å². The van der Waals surface area contributed by atoms with Crippen LogP contribution in [-0.4, -0.2) is 19.1 Å². The topological polar surface area (TPSA) is 38.3 Å². The van der Waals surface area contributed by atoms with E-state index in [0.29, 0.717) is 6.42 Å². The van der Waals surface area contributed by atoms with Crippen LogP contribution in [-0.2, 0) is 9.53 Å². The average Bonchev–Trinajstić information content (AvgIpc) is 3.02. The van der Waals surface area contributed by atoms with Crippen molar-refractivity contribution in [2.75, 3.05) is 7.11 Å². The van der Waals surface area contributed by atoms with Crippen LogP contribution in [0.1, 0.15) is 29.8 Å². The molecule has 106 valence electrons. The van der Waals surface area contributed by atoms with Gasteiger partial charge in [0.25, 0.3) is 0 Å². The lowest BCUT2D eigenvalue weighted by molar-refractivity contribution is -0.143. The predicted molar refractivity (Wildman–Crippen MR) is 81.8 cm³/mol. The highest BCUT2D eigenvalue weighted by Gasteiger charge is 2.23. The minimum Gasteiger partial charge on any atom is -0.468 e. The number of carbonyl (C=O) groups is 1. The lowest BCUT2D eigenvalue weighted by atomic mass is 10.0. The van der Waals surface area contributed by atoms with Gasteiger partial charge in [-0.2, -0.15) is 0 Å². The summed E-state index contributed by atoms with van der Waals surface area (Å²) in [6.45, 7) is 1.98. The number of nitrogens with one attached hydrogen (secondary N) is 1. The third-order valence-corrected chi connectivity index (χ3v) is 4.16. The smallest absolute Gasteiger partial charge is 0.322 e. The molecule has 2 aromatic rings. The summed E-state index contributed by atoms with van der Waals surface area (Å²) in [5.41, 5.74) is 1.15. The summed E-state index contributed by atoms with van der Waals surface area (Å²) in [6, 6.07) is 14.0. The molecular formula is C16H19NO2S. The van der Waals surface area contributed by atoms with E-state index in [-0.39, 0.29) is 18.1 Å². The predicted octanol–water partition coefficient (Wildman–Crippen LogP) is 3.38. The van der Waals surface area contributed by atoms with E-state index in [1.54, 1.807) is 11.3 Å². The Morgan fingerprint density at radius 3 is 2.55 bits per heavy atom. The number of methoxy groups -OCH3 is 1. The summed E-state index contributed by atoms with van der Waals surface area (Å²) in [7, 11) is 1.43. The quantitative estimate of drug-likeness (QED) is 0.829. The zero-order valence-electron chi connectivity index (χ0n) is 11.7. The molecule has 0 spiro atoms. The van der Waals surface area contributed by atoms with Crippen molar-refractivity contribution in [1.82, 2.24) is 5.32 Å². The van der Waals surface area contributed by atoms with Crippen LogP contribution in [0.4, 0.5) is 0 Å². The minimum absolute atomic E-state index is 0.0141. The Bertz CT molecular complexity index is 525. The Balaban J connectivity index is 2.26. The molecule has 0 fully saturated rings. The van der Waals surface area contributed by atoms with Gasteiger partial charge in [-0.3, -0.25) is 10.1 Å². The molecule has 2 rings (SSSR count). The third kappa shape index (κ3) is 3.46. The fourth-order valence-corrected chi connectivity index (χ4v) is 2.95. The van der Waals surface area contributed by atoms with Gasteiger partial charge in [-0.1, -0.05) is 43.3 Å². The van der Waals surface area contributed by atoms with E-state index in [9.17, 15) is 4.79 Å². The molecule has 0 aliphatic rings. The summed E-state index contributed by atoms with van der Waals surface area (Å²) < 4.78 is 4.86. The molecule has 0 radical (unpaired) electrons. The summed E-state index contributed by atoms with van der Waals surface area (Å²) in [4.78, 5) is 13.0. The Morgan fingerprint density at radius 1 is 1.25 bits per heavy atom. The molecule has 1 N–H and O–H groups in total. The maximum absolute atomic E-state index is 11.8. The molecule has 0 saturated carbocycles. The molecule has 20 heavy (non-hydrogen) atoms. The number of thiophene rings is 1. The molecule has 4 heteroatoms. The van der Waals surface area contributed by atoms with E-state index in [1.807, 2.05) is 36.6 Å². The lowest BCUT2D eigenvalue weighted by Gasteiger charge is -2.23. The fourth-order valence-electron chi connectivity index (χ4n) is 2.14. The van der Waals surface area contributed by atoms with Gasteiger partial charge in [0.1, 0.15) is 6.04 Å². The maximum Gasteiger partial charge on any atom is 0.322 e. The minimum atomic E-state index is -0.299. The van der Waals surface area contributed by atoms with E-state index in [0.717, 1.165) is 5.56 Å². The van der Waals surface area contributed by atoms with Gasteiger partial charge in [0.05, 0.1) is 13.2 Å². The molecular weight excluding hydrogens is 270 g/mol. The monoisotopic (exact) mass is 289 g/mol. The molecule has 3 nitrogen and oxygen atoms in total. The first-order chi connectivity index (χ1) is 9.76. The van der Waals surface area contributed by atoms with Crippen LogP contribution in [0.2, 0.25) is 0 Å². The Labute approximate surface area is 123 Å². The molecule has 0 aliphatic carbocycles. The number of esters is 1. The second-order valence-electron chi connectivity index (χ2n) is 4.51. The molecule has 1 heterocycles. The average molecular weight is 289 g/mol. The second-order valence-corrected chi connectivity index (χ2v) is 5.49. The van der Waals surface area contributed by atoms with Gasteiger partial charge >= 0.3 is 5.97 Å². The van der Waals surface area contributed by atoms with Crippen LogP contribution in [0.15, 0.2) is 47.8 Å². The number of rotatable bonds is 6. The van der Waals surface area contributed by atoms with Gasteiger partial charge in [-0.25, -0.2) is 0 Å². The van der Waals surface area contributed by atoms with Gasteiger partial charge < -0.3 is 4.74 Å². The van der Waals surface area contributed by atoms with Crippen molar-refractivity contribution in [3.8, 4) is 0 Å². The van der Waals surface area contributed by atoms with E-state index < -0.39 is 0 Å². The number of hydrogen-bond donors (Lipinski definition) is 1. The zero-order chi connectivity index (χ0) is 14.4. The zero-order valence-corrected chi connectivity index (χ0v) is 12.5. The van der Waals surface area contributed by atoms with Crippen molar-refractivity contribution in [3.05, 3.63) is 58.3 Å². The highest BCUT2D eigenvalue weighted by atomic mass is 32.1. The van der Waals surface area contributed by atoms with Crippen molar-refractivity contribution in [2.45, 2.75) is 25.4 Å². The van der Waals surface area contributed by atoms with Crippen molar-refractivity contribution >= 4 is 17.3 Å². The Hall–Kier alpha value is -1.65. The fraction of sp³-hybridized carbons (Fsp3) is 0.312. The molecule has 2 atom stereocenters. The summed E-state index contributed by atoms with van der Waals surface area (Å²) in [6.07, 6.45) is 0.696. The van der Waals surface area contributed by atoms with Crippen molar-refractivity contribution in [3.63, 3.8) is 0 Å². The van der Waals surface area contributed by atoms with Crippen LogP contribution in [0.3, 0.4) is 0 Å². The van der Waals surface area contributed by atoms with Gasteiger partial charge in [0, 0.05) is 4.88 Å². The normalized spacial score (nSPS) is 13.7. The molecule has 0 bridgehead atoms. The van der Waals surface area contributed by atoms with Crippen LogP contribution in [0.5, 0.6) is 0 Å². The number of hydrogen-bond acceptors (Lipinski definition) is 4.